The molecule has 0 radical (unpaired) electrons. The maximum absolute atomic E-state index is 12.9. The van der Waals surface area contributed by atoms with Gasteiger partial charge in [-0.3, -0.25) is 4.79 Å². The fourth-order valence-electron chi connectivity index (χ4n) is 4.21. The molecule has 0 saturated carbocycles. The van der Waals surface area contributed by atoms with E-state index in [-0.39, 0.29) is 22.6 Å². The number of para-hydroxylation sites is 1. The largest absolute Gasteiger partial charge is 0.306 e. The van der Waals surface area contributed by atoms with Crippen molar-refractivity contribution in [2.75, 3.05) is 10.7 Å². The van der Waals surface area contributed by atoms with E-state index in [1.807, 2.05) is 40.6 Å². The van der Waals surface area contributed by atoms with E-state index in [2.05, 4.69) is 39.0 Å². The van der Waals surface area contributed by atoms with Gasteiger partial charge in [0.1, 0.15) is 5.40 Å². The standard InChI is InChI=1S/C21H21ClN2OS/c1-20(2)13-21(3,15-8-10-16(22)11-9-15)17-6-4-5-7-18(17)24(20)19(25)12-26-14-23/h4-11H,12-13H2,1-3H3/t21-/m0/s1. The topological polar surface area (TPSA) is 44.1 Å². The molecule has 0 aromatic heterocycles. The molecule has 3 rings (SSSR count). The van der Waals surface area contributed by atoms with Crippen LogP contribution in [0.4, 0.5) is 5.69 Å². The molecule has 3 nitrogen and oxygen atoms in total. The SMILES string of the molecule is CC1(C)C[C@@](C)(c2ccc(Cl)cc2)c2ccccc2N1C(=O)CSC#N. The van der Waals surface area contributed by atoms with E-state index in [1.165, 1.54) is 5.56 Å². The average Bonchev–Trinajstić information content (AvgIpc) is 2.59. The number of fused-ring (bicyclic) bond motifs is 1. The highest BCUT2D eigenvalue weighted by Crippen LogP contribution is 2.50. The third-order valence-corrected chi connectivity index (χ3v) is 5.89. The highest BCUT2D eigenvalue weighted by molar-refractivity contribution is 8.04. The molecule has 0 N–H and O–H groups in total. The number of carbonyl (C=O) groups is 1. The van der Waals surface area contributed by atoms with Gasteiger partial charge in [-0.05, 0) is 61.4 Å². The van der Waals surface area contributed by atoms with Crippen LogP contribution in [0.5, 0.6) is 0 Å². The van der Waals surface area contributed by atoms with E-state index in [0.29, 0.717) is 5.02 Å². The lowest BCUT2D eigenvalue weighted by Crippen LogP contribution is -2.56. The minimum atomic E-state index is -0.379. The number of halogens is 1. The molecule has 1 aliphatic rings. The molecule has 2 aromatic carbocycles. The summed E-state index contributed by atoms with van der Waals surface area (Å²) < 4.78 is 0. The van der Waals surface area contributed by atoms with Crippen LogP contribution in [0, 0.1) is 10.7 Å². The Bertz CT molecular complexity index is 872. The van der Waals surface area contributed by atoms with Gasteiger partial charge in [-0.1, -0.05) is 48.9 Å². The van der Waals surface area contributed by atoms with Crippen molar-refractivity contribution in [1.29, 1.82) is 5.26 Å². The lowest BCUT2D eigenvalue weighted by molar-refractivity contribution is -0.117. The number of nitriles is 1. The second-order valence-electron chi connectivity index (χ2n) is 7.45. The molecule has 0 aliphatic carbocycles. The average molecular weight is 385 g/mol. The van der Waals surface area contributed by atoms with E-state index in [4.69, 9.17) is 16.9 Å². The molecule has 1 heterocycles. The predicted octanol–water partition coefficient (Wildman–Crippen LogP) is 5.38. The summed E-state index contributed by atoms with van der Waals surface area (Å²) in [5.74, 6) is 0.124. The van der Waals surface area contributed by atoms with Gasteiger partial charge >= 0.3 is 0 Å². The van der Waals surface area contributed by atoms with E-state index < -0.39 is 0 Å². The Kier molecular flexibility index (Phi) is 5.05. The summed E-state index contributed by atoms with van der Waals surface area (Å²) in [6, 6.07) is 16.0. The molecule has 5 heteroatoms. The molecule has 0 bridgehead atoms. The number of hydrogen-bond donors (Lipinski definition) is 0. The van der Waals surface area contributed by atoms with Gasteiger partial charge in [-0.15, -0.1) is 0 Å². The van der Waals surface area contributed by atoms with Crippen LogP contribution in [0.15, 0.2) is 48.5 Å². The molecule has 0 fully saturated rings. The van der Waals surface area contributed by atoms with Crippen LogP contribution in [0.2, 0.25) is 5.02 Å². The number of carbonyl (C=O) groups excluding carboxylic acids is 1. The second-order valence-corrected chi connectivity index (χ2v) is 8.65. The molecular weight excluding hydrogens is 364 g/mol. The lowest BCUT2D eigenvalue weighted by Gasteiger charge is -2.51. The van der Waals surface area contributed by atoms with E-state index in [0.717, 1.165) is 29.4 Å². The van der Waals surface area contributed by atoms with Crippen molar-refractivity contribution in [2.24, 2.45) is 0 Å². The Morgan fingerprint density at radius 2 is 1.85 bits per heavy atom. The van der Waals surface area contributed by atoms with Gasteiger partial charge in [0.2, 0.25) is 5.91 Å². The zero-order valence-corrected chi connectivity index (χ0v) is 16.7. The molecular formula is C21H21ClN2OS. The van der Waals surface area contributed by atoms with Crippen molar-refractivity contribution in [2.45, 2.75) is 38.1 Å². The van der Waals surface area contributed by atoms with Crippen LogP contribution in [0.25, 0.3) is 0 Å². The minimum absolute atomic E-state index is 0.0350. The molecule has 134 valence electrons. The number of nitrogens with zero attached hydrogens (tertiary/aromatic N) is 2. The van der Waals surface area contributed by atoms with Crippen LogP contribution < -0.4 is 4.90 Å². The summed E-state index contributed by atoms with van der Waals surface area (Å²) in [5.41, 5.74) is 2.61. The van der Waals surface area contributed by atoms with Gasteiger partial charge in [-0.25, -0.2) is 0 Å². The monoisotopic (exact) mass is 384 g/mol. The fraction of sp³-hybridized carbons (Fsp3) is 0.333. The lowest BCUT2D eigenvalue weighted by atomic mass is 9.65. The summed E-state index contributed by atoms with van der Waals surface area (Å²) in [5, 5.41) is 11.5. The van der Waals surface area contributed by atoms with Crippen molar-refractivity contribution in [3.63, 3.8) is 0 Å². The van der Waals surface area contributed by atoms with Crippen LogP contribution in [0.1, 0.15) is 38.3 Å². The molecule has 26 heavy (non-hydrogen) atoms. The first kappa shape index (κ1) is 18.8. The van der Waals surface area contributed by atoms with Crippen LogP contribution >= 0.6 is 23.4 Å². The number of amides is 1. The first-order valence-corrected chi connectivity index (χ1v) is 9.85. The van der Waals surface area contributed by atoms with Gasteiger partial charge in [0.15, 0.2) is 0 Å². The third-order valence-electron chi connectivity index (χ3n) is 5.12. The minimum Gasteiger partial charge on any atom is -0.306 e. The number of anilines is 1. The Hall–Kier alpha value is -1.96. The summed E-state index contributed by atoms with van der Waals surface area (Å²) in [6.45, 7) is 6.40. The van der Waals surface area contributed by atoms with Crippen LogP contribution in [-0.4, -0.2) is 17.2 Å². The van der Waals surface area contributed by atoms with E-state index in [9.17, 15) is 4.79 Å². The van der Waals surface area contributed by atoms with E-state index in [1.54, 1.807) is 0 Å². The number of thiocyanates is 1. The van der Waals surface area contributed by atoms with Gasteiger partial charge in [0, 0.05) is 21.7 Å². The first-order chi connectivity index (χ1) is 12.3. The Labute approximate surface area is 164 Å². The van der Waals surface area contributed by atoms with Crippen molar-refractivity contribution in [3.05, 3.63) is 64.7 Å². The number of rotatable bonds is 3. The number of benzene rings is 2. The normalized spacial score (nSPS) is 21.0. The van der Waals surface area contributed by atoms with Crippen LogP contribution in [-0.2, 0) is 10.2 Å². The predicted molar refractivity (Wildman–Crippen MR) is 109 cm³/mol. The van der Waals surface area contributed by atoms with Gasteiger partial charge in [-0.2, -0.15) is 5.26 Å². The number of hydrogen-bond acceptors (Lipinski definition) is 3. The zero-order valence-electron chi connectivity index (χ0n) is 15.1. The molecule has 1 atom stereocenters. The molecule has 1 aliphatic heterocycles. The van der Waals surface area contributed by atoms with Gasteiger partial charge in [0.25, 0.3) is 0 Å². The Morgan fingerprint density at radius 1 is 1.19 bits per heavy atom. The third kappa shape index (κ3) is 3.22. The molecule has 0 spiro atoms. The summed E-state index contributed by atoms with van der Waals surface area (Å²) in [6.07, 6.45) is 0.779. The van der Waals surface area contributed by atoms with Gasteiger partial charge in [0.05, 0.1) is 5.75 Å². The maximum Gasteiger partial charge on any atom is 0.238 e. The second kappa shape index (κ2) is 6.98. The summed E-state index contributed by atoms with van der Waals surface area (Å²) in [4.78, 5) is 14.7. The quantitative estimate of drug-likeness (QED) is 0.667. The van der Waals surface area contributed by atoms with Crippen molar-refractivity contribution in [3.8, 4) is 5.40 Å². The molecule has 1 amide bonds. The van der Waals surface area contributed by atoms with Crippen molar-refractivity contribution in [1.82, 2.24) is 0 Å². The summed E-state index contributed by atoms with van der Waals surface area (Å²) in [7, 11) is 0. The molecule has 0 saturated heterocycles. The Balaban J connectivity index is 2.15. The first-order valence-electron chi connectivity index (χ1n) is 8.49. The fourth-order valence-corrected chi connectivity index (χ4v) is 4.65. The number of thioether (sulfide) groups is 1. The van der Waals surface area contributed by atoms with Crippen molar-refractivity contribution >= 4 is 35.0 Å². The van der Waals surface area contributed by atoms with Crippen molar-refractivity contribution < 1.29 is 4.79 Å². The molecule has 0 unspecified atom stereocenters. The zero-order chi connectivity index (χ0) is 18.9. The van der Waals surface area contributed by atoms with Crippen LogP contribution in [0.3, 0.4) is 0 Å². The van der Waals surface area contributed by atoms with E-state index >= 15 is 0 Å². The smallest absolute Gasteiger partial charge is 0.238 e. The maximum atomic E-state index is 12.9. The van der Waals surface area contributed by atoms with Gasteiger partial charge < -0.3 is 4.90 Å². The highest BCUT2D eigenvalue weighted by atomic mass is 35.5. The summed E-state index contributed by atoms with van der Waals surface area (Å²) >= 11 is 7.07. The Morgan fingerprint density at radius 3 is 2.50 bits per heavy atom. The highest BCUT2D eigenvalue weighted by Gasteiger charge is 2.47. The molecule has 2 aromatic rings.